The average Bonchev–Trinajstić information content (AvgIpc) is 2.62. The summed E-state index contributed by atoms with van der Waals surface area (Å²) in [5, 5.41) is 10.5. The third-order valence-corrected chi connectivity index (χ3v) is 4.63. The van der Waals surface area contributed by atoms with Gasteiger partial charge in [0.25, 0.3) is 0 Å². The molecule has 0 aliphatic rings. The smallest absolute Gasteiger partial charge is 0.0916 e. The predicted molar refractivity (Wildman–Crippen MR) is 110 cm³/mol. The first-order valence-electron chi connectivity index (χ1n) is 9.39. The van der Waals surface area contributed by atoms with E-state index in [1.807, 2.05) is 18.2 Å². The normalized spacial score (nSPS) is 14.9. The topological polar surface area (TPSA) is 23.5 Å². The van der Waals surface area contributed by atoms with Gasteiger partial charge in [0.2, 0.25) is 0 Å². The maximum absolute atomic E-state index is 10.5. The largest absolute Gasteiger partial charge is 0.387 e. The number of allylic oxidation sites excluding steroid dienone is 5. The molecule has 1 N–H and O–H groups in total. The molecule has 0 aliphatic carbocycles. The Labute approximate surface area is 154 Å². The second-order valence-electron chi connectivity index (χ2n) is 6.99. The molecule has 0 amide bonds. The molecular formula is C23H35NO. The van der Waals surface area contributed by atoms with E-state index < -0.39 is 6.10 Å². The molecule has 0 saturated carbocycles. The summed E-state index contributed by atoms with van der Waals surface area (Å²) in [5.74, 6) is 0.638. The maximum Gasteiger partial charge on any atom is 0.0916 e. The first-order chi connectivity index (χ1) is 12.0. The monoisotopic (exact) mass is 341 g/mol. The number of aliphatic hydroxyl groups excluding tert-OH is 1. The van der Waals surface area contributed by atoms with Gasteiger partial charge in [0.15, 0.2) is 0 Å². The Morgan fingerprint density at radius 2 is 1.96 bits per heavy atom. The number of aryl methyl sites for hydroxylation is 1. The molecule has 0 saturated heterocycles. The highest BCUT2D eigenvalue weighted by Gasteiger charge is 2.13. The Hall–Kier alpha value is -1.64. The van der Waals surface area contributed by atoms with Crippen LogP contribution in [0.5, 0.6) is 0 Å². The number of hydrogen-bond acceptors (Lipinski definition) is 2. The second kappa shape index (κ2) is 11.8. The molecule has 0 spiro atoms. The standard InChI is InChI=1S/C23H35NO/c1-6-19(3)10-8-9-11-20(4)16-17-24(7-2)18-23(25)22-14-12-21(5)13-15-22/h6,8-10,12-15,20,23,25H,1,7,11,16-18H2,2-5H3/b9-8+,19-10-. The molecule has 0 bridgehead atoms. The predicted octanol–water partition coefficient (Wildman–Crippen LogP) is 5.46. The summed E-state index contributed by atoms with van der Waals surface area (Å²) < 4.78 is 0. The van der Waals surface area contributed by atoms with Crippen molar-refractivity contribution in [1.29, 1.82) is 0 Å². The van der Waals surface area contributed by atoms with E-state index in [1.54, 1.807) is 0 Å². The van der Waals surface area contributed by atoms with Crippen molar-refractivity contribution in [3.8, 4) is 0 Å². The highest BCUT2D eigenvalue weighted by atomic mass is 16.3. The van der Waals surface area contributed by atoms with Gasteiger partial charge in [-0.1, -0.05) is 80.1 Å². The fraction of sp³-hybridized carbons (Fsp3) is 0.478. The van der Waals surface area contributed by atoms with E-state index in [-0.39, 0.29) is 0 Å². The summed E-state index contributed by atoms with van der Waals surface area (Å²) in [4.78, 5) is 2.34. The lowest BCUT2D eigenvalue weighted by Gasteiger charge is -2.25. The Morgan fingerprint density at radius 3 is 2.56 bits per heavy atom. The summed E-state index contributed by atoms with van der Waals surface area (Å²) in [6, 6.07) is 8.18. The molecule has 0 aliphatic heterocycles. The van der Waals surface area contributed by atoms with Gasteiger partial charge in [-0.05, 0) is 51.3 Å². The van der Waals surface area contributed by atoms with Gasteiger partial charge >= 0.3 is 0 Å². The van der Waals surface area contributed by atoms with Crippen molar-refractivity contribution < 1.29 is 5.11 Å². The summed E-state index contributed by atoms with van der Waals surface area (Å²) in [7, 11) is 0. The number of aliphatic hydroxyl groups is 1. The van der Waals surface area contributed by atoms with Crippen molar-refractivity contribution in [3.05, 3.63) is 71.8 Å². The number of rotatable bonds is 11. The van der Waals surface area contributed by atoms with E-state index >= 15 is 0 Å². The van der Waals surface area contributed by atoms with Crippen molar-refractivity contribution in [2.45, 2.75) is 46.6 Å². The summed E-state index contributed by atoms with van der Waals surface area (Å²) >= 11 is 0. The van der Waals surface area contributed by atoms with Crippen molar-refractivity contribution in [1.82, 2.24) is 4.90 Å². The van der Waals surface area contributed by atoms with E-state index in [1.165, 1.54) is 11.1 Å². The second-order valence-corrected chi connectivity index (χ2v) is 6.99. The average molecular weight is 342 g/mol. The Kier molecular flexibility index (Phi) is 10.1. The van der Waals surface area contributed by atoms with Crippen molar-refractivity contribution in [2.75, 3.05) is 19.6 Å². The van der Waals surface area contributed by atoms with Gasteiger partial charge < -0.3 is 10.0 Å². The first kappa shape index (κ1) is 21.4. The van der Waals surface area contributed by atoms with Crippen LogP contribution in [0.1, 0.15) is 50.8 Å². The van der Waals surface area contributed by atoms with Crippen LogP contribution >= 0.6 is 0 Å². The van der Waals surface area contributed by atoms with Crippen LogP contribution in [0.3, 0.4) is 0 Å². The zero-order valence-electron chi connectivity index (χ0n) is 16.4. The molecule has 2 atom stereocenters. The molecule has 2 nitrogen and oxygen atoms in total. The lowest BCUT2D eigenvalue weighted by Crippen LogP contribution is -2.30. The number of hydrogen-bond donors (Lipinski definition) is 1. The Bertz CT molecular complexity index is 556. The van der Waals surface area contributed by atoms with Crippen LogP contribution in [-0.2, 0) is 0 Å². The third kappa shape index (κ3) is 8.85. The molecule has 1 aromatic rings. The molecule has 0 heterocycles. The maximum atomic E-state index is 10.5. The zero-order valence-corrected chi connectivity index (χ0v) is 16.4. The van der Waals surface area contributed by atoms with Gasteiger partial charge in [-0.2, -0.15) is 0 Å². The van der Waals surface area contributed by atoms with Gasteiger partial charge in [-0.3, -0.25) is 0 Å². The first-order valence-corrected chi connectivity index (χ1v) is 9.39. The van der Waals surface area contributed by atoms with Crippen LogP contribution in [-0.4, -0.2) is 29.6 Å². The zero-order chi connectivity index (χ0) is 18.7. The Balaban J connectivity index is 2.40. The van der Waals surface area contributed by atoms with E-state index in [4.69, 9.17) is 0 Å². The number of likely N-dealkylation sites (N-methyl/N-ethyl adjacent to an activating group) is 1. The van der Waals surface area contributed by atoms with Crippen molar-refractivity contribution in [2.24, 2.45) is 5.92 Å². The van der Waals surface area contributed by atoms with Crippen molar-refractivity contribution in [3.63, 3.8) is 0 Å². The fourth-order valence-corrected chi connectivity index (χ4v) is 2.64. The molecule has 1 aromatic carbocycles. The molecule has 2 unspecified atom stereocenters. The molecule has 0 fully saturated rings. The highest BCUT2D eigenvalue weighted by Crippen LogP contribution is 2.16. The van der Waals surface area contributed by atoms with E-state index in [9.17, 15) is 5.11 Å². The molecule has 138 valence electrons. The van der Waals surface area contributed by atoms with Crippen LogP contribution in [0.2, 0.25) is 0 Å². The van der Waals surface area contributed by atoms with Gasteiger partial charge in [0.05, 0.1) is 6.10 Å². The molecule has 25 heavy (non-hydrogen) atoms. The van der Waals surface area contributed by atoms with Crippen LogP contribution < -0.4 is 0 Å². The third-order valence-electron chi connectivity index (χ3n) is 4.63. The van der Waals surface area contributed by atoms with Crippen LogP contribution in [0.25, 0.3) is 0 Å². The number of nitrogens with zero attached hydrogens (tertiary/aromatic N) is 1. The van der Waals surface area contributed by atoms with Gasteiger partial charge in [-0.25, -0.2) is 0 Å². The highest BCUT2D eigenvalue weighted by molar-refractivity contribution is 5.23. The van der Waals surface area contributed by atoms with Crippen LogP contribution in [0.15, 0.2) is 60.7 Å². The van der Waals surface area contributed by atoms with E-state index in [0.717, 1.165) is 31.5 Å². The lowest BCUT2D eigenvalue weighted by molar-refractivity contribution is 0.113. The van der Waals surface area contributed by atoms with Gasteiger partial charge in [-0.15, -0.1) is 0 Å². The fourth-order valence-electron chi connectivity index (χ4n) is 2.64. The van der Waals surface area contributed by atoms with E-state index in [2.05, 4.69) is 69.5 Å². The van der Waals surface area contributed by atoms with E-state index in [0.29, 0.717) is 12.5 Å². The summed E-state index contributed by atoms with van der Waals surface area (Å²) in [5.41, 5.74) is 3.42. The van der Waals surface area contributed by atoms with Crippen molar-refractivity contribution >= 4 is 0 Å². The molecule has 1 rings (SSSR count). The molecule has 0 aromatic heterocycles. The summed E-state index contributed by atoms with van der Waals surface area (Å²) in [6.45, 7) is 15.0. The SMILES string of the molecule is C=C/C(C)=C\C=C\CC(C)CCN(CC)CC(O)c1ccc(C)cc1. The molecule has 2 heteroatoms. The quantitative estimate of drug-likeness (QED) is 0.541. The van der Waals surface area contributed by atoms with Crippen LogP contribution in [0, 0.1) is 12.8 Å². The summed E-state index contributed by atoms with van der Waals surface area (Å²) in [6.07, 6.45) is 10.1. The Morgan fingerprint density at radius 1 is 1.28 bits per heavy atom. The van der Waals surface area contributed by atoms with Gasteiger partial charge in [0.1, 0.15) is 0 Å². The lowest BCUT2D eigenvalue weighted by atomic mass is 10.0. The minimum atomic E-state index is -0.414. The minimum absolute atomic E-state index is 0.414. The van der Waals surface area contributed by atoms with Crippen LogP contribution in [0.4, 0.5) is 0 Å². The minimum Gasteiger partial charge on any atom is -0.387 e. The van der Waals surface area contributed by atoms with Gasteiger partial charge in [0, 0.05) is 6.54 Å². The number of benzene rings is 1. The molecular weight excluding hydrogens is 306 g/mol. The molecule has 0 radical (unpaired) electrons.